The van der Waals surface area contributed by atoms with E-state index in [4.69, 9.17) is 4.74 Å². The molecule has 2 N–H and O–H groups in total. The fourth-order valence-electron chi connectivity index (χ4n) is 6.65. The molecule has 2 aromatic carbocycles. The highest BCUT2D eigenvalue weighted by Crippen LogP contribution is 2.36. The van der Waals surface area contributed by atoms with Crippen LogP contribution >= 0.6 is 0 Å². The van der Waals surface area contributed by atoms with E-state index >= 15 is 0 Å². The average molecular weight is 650 g/mol. The van der Waals surface area contributed by atoms with Crippen LogP contribution in [0.25, 0.3) is 22.2 Å². The number of rotatable bonds is 14. The van der Waals surface area contributed by atoms with Gasteiger partial charge >= 0.3 is 6.03 Å². The molecule has 0 spiro atoms. The molecule has 4 aromatic rings. The molecule has 0 atom stereocenters. The number of benzene rings is 2. The summed E-state index contributed by atoms with van der Waals surface area (Å²) in [5, 5.41) is 6.92. The molecule has 8 nitrogen and oxygen atoms in total. The molecule has 2 aromatic heterocycles. The molecule has 2 amide bonds. The largest absolute Gasteiger partial charge is 0.494 e. The lowest BCUT2D eigenvalue weighted by Crippen LogP contribution is -2.31. The molecule has 48 heavy (non-hydrogen) atoms. The van der Waals surface area contributed by atoms with Gasteiger partial charge in [-0.1, -0.05) is 70.5 Å². The van der Waals surface area contributed by atoms with Crippen LogP contribution in [0.5, 0.6) is 5.75 Å². The highest BCUT2D eigenvalue weighted by Gasteiger charge is 2.23. The van der Waals surface area contributed by atoms with Crippen molar-refractivity contribution in [3.8, 4) is 16.9 Å². The van der Waals surface area contributed by atoms with Gasteiger partial charge in [-0.05, 0) is 98.0 Å². The van der Waals surface area contributed by atoms with Crippen molar-refractivity contribution < 1.29 is 9.53 Å². The molecule has 0 bridgehead atoms. The predicted molar refractivity (Wildman–Crippen MR) is 199 cm³/mol. The van der Waals surface area contributed by atoms with Gasteiger partial charge in [-0.25, -0.2) is 9.78 Å². The van der Waals surface area contributed by atoms with Crippen molar-refractivity contribution in [2.45, 2.75) is 84.6 Å². The monoisotopic (exact) mass is 649 g/mol. The summed E-state index contributed by atoms with van der Waals surface area (Å²) in [4.78, 5) is 35.5. The normalized spacial score (nSPS) is 13.6. The van der Waals surface area contributed by atoms with Crippen LogP contribution < -0.4 is 20.9 Å². The number of para-hydroxylation sites is 1. The van der Waals surface area contributed by atoms with Gasteiger partial charge in [-0.2, -0.15) is 0 Å². The van der Waals surface area contributed by atoms with Crippen LogP contribution in [0.1, 0.15) is 89.2 Å². The lowest BCUT2D eigenvalue weighted by molar-refractivity contribution is 0.205. The van der Waals surface area contributed by atoms with Crippen LogP contribution in [0.3, 0.4) is 0 Å². The molecule has 1 aliphatic heterocycles. The Bertz CT molecular complexity index is 1740. The first-order valence-corrected chi connectivity index (χ1v) is 17.6. The molecular weight excluding hydrogens is 598 g/mol. The summed E-state index contributed by atoms with van der Waals surface area (Å²) < 4.78 is 7.89. The zero-order valence-electron chi connectivity index (χ0n) is 29.1. The Labute approximate surface area is 285 Å². The van der Waals surface area contributed by atoms with Crippen molar-refractivity contribution in [3.63, 3.8) is 0 Å². The number of likely N-dealkylation sites (tertiary alicyclic amines) is 1. The Morgan fingerprint density at radius 1 is 0.917 bits per heavy atom. The number of aryl methyl sites for hydroxylation is 1. The Morgan fingerprint density at radius 3 is 2.33 bits per heavy atom. The second-order valence-electron chi connectivity index (χ2n) is 13.3. The summed E-state index contributed by atoms with van der Waals surface area (Å²) >= 11 is 0. The molecule has 5 rings (SSSR count). The number of hydrogen-bond donors (Lipinski definition) is 2. The second kappa shape index (κ2) is 16.6. The summed E-state index contributed by atoms with van der Waals surface area (Å²) in [6.45, 7) is 16.7. The number of allylic oxidation sites excluding steroid dienone is 1. The molecule has 0 radical (unpaired) electrons. The van der Waals surface area contributed by atoms with Crippen LogP contribution in [-0.4, -0.2) is 46.7 Å². The Morgan fingerprint density at radius 2 is 1.62 bits per heavy atom. The van der Waals surface area contributed by atoms with Crippen molar-refractivity contribution in [2.75, 3.05) is 36.9 Å². The standard InChI is InChI=1S/C40H51N5O3/c1-6-7-9-25-45-38-34(20-14-21-41-38)35(30-16-12-17-31(27-30)48-26-15-24-44-22-10-8-11-23-44)37(39(45)46)43-40(47)42-36-32(28(2)3)18-13-19-33(36)29(4)5/h6,12-14,16-21,27-29H,1,7-11,15,22-26H2,2-5H3,(H2,42,43,47). The fraction of sp³-hybridized carbons (Fsp3) is 0.425. The minimum absolute atomic E-state index is 0.200. The second-order valence-corrected chi connectivity index (χ2v) is 13.3. The number of aromatic nitrogens is 2. The van der Waals surface area contributed by atoms with Crippen molar-refractivity contribution in [2.24, 2.45) is 0 Å². The number of hydrogen-bond acceptors (Lipinski definition) is 5. The van der Waals surface area contributed by atoms with E-state index < -0.39 is 6.03 Å². The maximum atomic E-state index is 14.4. The number of nitrogens with zero attached hydrogens (tertiary/aromatic N) is 3. The molecule has 1 aliphatic rings. The van der Waals surface area contributed by atoms with Crippen LogP contribution in [0.15, 0.2) is 78.2 Å². The van der Waals surface area contributed by atoms with E-state index in [1.807, 2.05) is 60.7 Å². The quantitative estimate of drug-likeness (QED) is 0.105. The maximum absolute atomic E-state index is 14.4. The predicted octanol–water partition coefficient (Wildman–Crippen LogP) is 9.18. The number of piperidine rings is 1. The van der Waals surface area contributed by atoms with Gasteiger partial charge in [0.1, 0.15) is 17.1 Å². The summed E-state index contributed by atoms with van der Waals surface area (Å²) in [5.41, 5.74) is 4.77. The van der Waals surface area contributed by atoms with Crippen LogP contribution in [0, 0.1) is 0 Å². The van der Waals surface area contributed by atoms with E-state index in [1.165, 1.54) is 32.4 Å². The molecule has 1 saturated heterocycles. The Kier molecular flexibility index (Phi) is 12.1. The first-order valence-electron chi connectivity index (χ1n) is 17.6. The van der Waals surface area contributed by atoms with E-state index in [-0.39, 0.29) is 23.1 Å². The maximum Gasteiger partial charge on any atom is 0.323 e. The molecule has 0 unspecified atom stereocenters. The smallest absolute Gasteiger partial charge is 0.323 e. The van der Waals surface area contributed by atoms with Crippen molar-refractivity contribution in [3.05, 3.63) is 94.9 Å². The molecular formula is C40H51N5O3. The van der Waals surface area contributed by atoms with Crippen molar-refractivity contribution in [1.29, 1.82) is 0 Å². The minimum Gasteiger partial charge on any atom is -0.494 e. The van der Waals surface area contributed by atoms with Crippen LogP contribution in [0.4, 0.5) is 16.2 Å². The number of fused-ring (bicyclic) bond motifs is 1. The number of urea groups is 1. The van der Waals surface area contributed by atoms with Gasteiger partial charge < -0.3 is 20.3 Å². The number of unbranched alkanes of at least 4 members (excludes halogenated alkanes) is 1. The van der Waals surface area contributed by atoms with Crippen LogP contribution in [0.2, 0.25) is 0 Å². The topological polar surface area (TPSA) is 88.5 Å². The van der Waals surface area contributed by atoms with Gasteiger partial charge in [0.15, 0.2) is 0 Å². The lowest BCUT2D eigenvalue weighted by atomic mass is 9.93. The zero-order valence-corrected chi connectivity index (χ0v) is 29.1. The molecule has 1 fully saturated rings. The molecule has 0 saturated carbocycles. The van der Waals surface area contributed by atoms with E-state index in [2.05, 4.69) is 54.8 Å². The fourth-order valence-corrected chi connectivity index (χ4v) is 6.65. The summed E-state index contributed by atoms with van der Waals surface area (Å²) in [6.07, 6.45) is 9.85. The third kappa shape index (κ3) is 8.34. The molecule has 8 heteroatoms. The van der Waals surface area contributed by atoms with Crippen LogP contribution in [-0.2, 0) is 6.54 Å². The number of pyridine rings is 2. The Balaban J connectivity index is 1.52. The number of amides is 2. The lowest BCUT2D eigenvalue weighted by Gasteiger charge is -2.26. The van der Waals surface area contributed by atoms with Gasteiger partial charge in [0.2, 0.25) is 0 Å². The number of anilines is 2. The highest BCUT2D eigenvalue weighted by molar-refractivity contribution is 6.07. The zero-order chi connectivity index (χ0) is 34.0. The Hall–Kier alpha value is -4.43. The van der Waals surface area contributed by atoms with Gasteiger partial charge in [-0.15, -0.1) is 6.58 Å². The number of nitrogens with one attached hydrogen (secondary N) is 2. The molecule has 3 heterocycles. The number of ether oxygens (including phenoxy) is 1. The van der Waals surface area contributed by atoms with Gasteiger partial charge in [0.05, 0.1) is 6.61 Å². The number of carbonyl (C=O) groups is 1. The summed E-state index contributed by atoms with van der Waals surface area (Å²) in [7, 11) is 0. The SMILES string of the molecule is C=CCCCn1c(=O)c(NC(=O)Nc2c(C(C)C)cccc2C(C)C)c(-c2cccc(OCCCN3CCCCC3)c2)c2cccnc21. The third-order valence-electron chi connectivity index (χ3n) is 9.12. The first-order chi connectivity index (χ1) is 23.3. The van der Waals surface area contributed by atoms with Gasteiger partial charge in [-0.3, -0.25) is 9.36 Å². The highest BCUT2D eigenvalue weighted by atomic mass is 16.5. The first kappa shape index (κ1) is 34.9. The summed E-state index contributed by atoms with van der Waals surface area (Å²) in [6, 6.07) is 17.3. The summed E-state index contributed by atoms with van der Waals surface area (Å²) in [5.74, 6) is 1.12. The van der Waals surface area contributed by atoms with E-state index in [9.17, 15) is 9.59 Å². The molecule has 254 valence electrons. The number of carbonyl (C=O) groups excluding carboxylic acids is 1. The molecule has 0 aliphatic carbocycles. The van der Waals surface area contributed by atoms with Gasteiger partial charge in [0, 0.05) is 35.9 Å². The van der Waals surface area contributed by atoms with E-state index in [0.717, 1.165) is 59.3 Å². The third-order valence-corrected chi connectivity index (χ3v) is 9.12. The van der Waals surface area contributed by atoms with E-state index in [1.54, 1.807) is 10.8 Å². The van der Waals surface area contributed by atoms with Gasteiger partial charge in [0.25, 0.3) is 5.56 Å². The minimum atomic E-state index is -0.464. The average Bonchev–Trinajstić information content (AvgIpc) is 3.08. The van der Waals surface area contributed by atoms with Crippen molar-refractivity contribution >= 4 is 28.4 Å². The van der Waals surface area contributed by atoms with E-state index in [0.29, 0.717) is 24.4 Å². The van der Waals surface area contributed by atoms with Crippen molar-refractivity contribution in [1.82, 2.24) is 14.5 Å².